The minimum Gasteiger partial charge on any atom is -0.385 e. The molecule has 1 aromatic carbocycles. The van der Waals surface area contributed by atoms with Gasteiger partial charge in [0.2, 0.25) is 5.91 Å². The van der Waals surface area contributed by atoms with Gasteiger partial charge in [0.05, 0.1) is 6.42 Å². The van der Waals surface area contributed by atoms with Crippen LogP contribution < -0.4 is 5.32 Å². The Kier molecular flexibility index (Phi) is 6.44. The highest BCUT2D eigenvalue weighted by Gasteiger charge is 2.04. The summed E-state index contributed by atoms with van der Waals surface area (Å²) in [6, 6.07) is 8.25. The molecule has 0 aromatic heterocycles. The van der Waals surface area contributed by atoms with E-state index in [1.54, 1.807) is 7.11 Å². The SMILES string of the molecule is COCCCNC(=O)Cc1ccc(C(C)C)cc1. The van der Waals surface area contributed by atoms with E-state index >= 15 is 0 Å². The first kappa shape index (κ1) is 14.7. The third-order valence-corrected chi connectivity index (χ3v) is 2.86. The van der Waals surface area contributed by atoms with Crippen LogP contribution in [0.1, 0.15) is 37.3 Å². The molecule has 0 saturated heterocycles. The predicted molar refractivity (Wildman–Crippen MR) is 73.7 cm³/mol. The third kappa shape index (κ3) is 5.32. The number of ether oxygens (including phenoxy) is 1. The van der Waals surface area contributed by atoms with Gasteiger partial charge in [-0.05, 0) is 23.5 Å². The van der Waals surface area contributed by atoms with Crippen molar-refractivity contribution in [2.75, 3.05) is 20.3 Å². The van der Waals surface area contributed by atoms with Crippen molar-refractivity contribution in [2.45, 2.75) is 32.6 Å². The van der Waals surface area contributed by atoms with Crippen LogP contribution in [0.4, 0.5) is 0 Å². The van der Waals surface area contributed by atoms with Crippen LogP contribution in [0.3, 0.4) is 0 Å². The van der Waals surface area contributed by atoms with Gasteiger partial charge in [-0.15, -0.1) is 0 Å². The number of methoxy groups -OCH3 is 1. The molecule has 1 N–H and O–H groups in total. The molecule has 0 bridgehead atoms. The van der Waals surface area contributed by atoms with E-state index in [0.29, 0.717) is 25.5 Å². The molecule has 3 heteroatoms. The summed E-state index contributed by atoms with van der Waals surface area (Å²) in [7, 11) is 1.66. The van der Waals surface area contributed by atoms with Crippen molar-refractivity contribution in [2.24, 2.45) is 0 Å². The molecule has 0 radical (unpaired) electrons. The smallest absolute Gasteiger partial charge is 0.224 e. The maximum Gasteiger partial charge on any atom is 0.224 e. The van der Waals surface area contributed by atoms with Crippen LogP contribution in [-0.2, 0) is 16.0 Å². The summed E-state index contributed by atoms with van der Waals surface area (Å²) >= 11 is 0. The number of nitrogens with one attached hydrogen (secondary N) is 1. The summed E-state index contributed by atoms with van der Waals surface area (Å²) in [6.45, 7) is 5.69. The highest BCUT2D eigenvalue weighted by atomic mass is 16.5. The van der Waals surface area contributed by atoms with Crippen LogP contribution in [0.25, 0.3) is 0 Å². The summed E-state index contributed by atoms with van der Waals surface area (Å²) in [6.07, 6.45) is 1.31. The fraction of sp³-hybridized carbons (Fsp3) is 0.533. The number of carbonyl (C=O) groups is 1. The largest absolute Gasteiger partial charge is 0.385 e. The highest BCUT2D eigenvalue weighted by Crippen LogP contribution is 2.14. The summed E-state index contributed by atoms with van der Waals surface area (Å²) in [5.74, 6) is 0.602. The van der Waals surface area contributed by atoms with Crippen molar-refractivity contribution in [3.63, 3.8) is 0 Å². The second-order valence-corrected chi connectivity index (χ2v) is 4.77. The summed E-state index contributed by atoms with van der Waals surface area (Å²) in [5.41, 5.74) is 2.36. The van der Waals surface area contributed by atoms with Crippen molar-refractivity contribution in [1.29, 1.82) is 0 Å². The number of amides is 1. The van der Waals surface area contributed by atoms with E-state index in [1.165, 1.54) is 5.56 Å². The topological polar surface area (TPSA) is 38.3 Å². The maximum absolute atomic E-state index is 11.6. The van der Waals surface area contributed by atoms with E-state index in [0.717, 1.165) is 12.0 Å². The van der Waals surface area contributed by atoms with E-state index in [4.69, 9.17) is 4.74 Å². The molecule has 0 aliphatic carbocycles. The van der Waals surface area contributed by atoms with E-state index in [1.807, 2.05) is 12.1 Å². The number of benzene rings is 1. The minimum absolute atomic E-state index is 0.0726. The van der Waals surface area contributed by atoms with Gasteiger partial charge in [-0.2, -0.15) is 0 Å². The van der Waals surface area contributed by atoms with E-state index < -0.39 is 0 Å². The molecule has 0 aliphatic rings. The number of hydrogen-bond donors (Lipinski definition) is 1. The zero-order valence-corrected chi connectivity index (χ0v) is 11.5. The Balaban J connectivity index is 2.35. The van der Waals surface area contributed by atoms with Crippen molar-refractivity contribution in [3.8, 4) is 0 Å². The van der Waals surface area contributed by atoms with Gasteiger partial charge >= 0.3 is 0 Å². The van der Waals surface area contributed by atoms with Crippen LogP contribution in [0.15, 0.2) is 24.3 Å². The second-order valence-electron chi connectivity index (χ2n) is 4.77. The zero-order chi connectivity index (χ0) is 13.4. The van der Waals surface area contributed by atoms with Crippen LogP contribution >= 0.6 is 0 Å². The van der Waals surface area contributed by atoms with Crippen LogP contribution in [0, 0.1) is 0 Å². The summed E-state index contributed by atoms with van der Waals surface area (Å²) in [5, 5.41) is 2.88. The summed E-state index contributed by atoms with van der Waals surface area (Å²) in [4.78, 5) is 11.6. The molecule has 0 fully saturated rings. The first-order valence-electron chi connectivity index (χ1n) is 6.48. The molecule has 1 amide bonds. The molecule has 0 heterocycles. The van der Waals surface area contributed by atoms with E-state index in [9.17, 15) is 4.79 Å². The lowest BCUT2D eigenvalue weighted by Gasteiger charge is -2.07. The Labute approximate surface area is 110 Å². The van der Waals surface area contributed by atoms with Gasteiger partial charge in [-0.3, -0.25) is 4.79 Å². The average Bonchev–Trinajstić information content (AvgIpc) is 2.35. The molecule has 1 rings (SSSR count). The average molecular weight is 249 g/mol. The van der Waals surface area contributed by atoms with E-state index in [-0.39, 0.29) is 5.91 Å². The van der Waals surface area contributed by atoms with Crippen molar-refractivity contribution in [3.05, 3.63) is 35.4 Å². The highest BCUT2D eigenvalue weighted by molar-refractivity contribution is 5.78. The molecule has 0 spiro atoms. The lowest BCUT2D eigenvalue weighted by Crippen LogP contribution is -2.26. The number of rotatable bonds is 7. The van der Waals surface area contributed by atoms with Gasteiger partial charge in [0.15, 0.2) is 0 Å². The Hall–Kier alpha value is -1.35. The molecule has 0 saturated carbocycles. The first-order chi connectivity index (χ1) is 8.63. The fourth-order valence-electron chi connectivity index (χ4n) is 1.71. The Morgan fingerprint density at radius 1 is 1.28 bits per heavy atom. The van der Waals surface area contributed by atoms with Crippen LogP contribution in [-0.4, -0.2) is 26.2 Å². The maximum atomic E-state index is 11.6. The molecule has 3 nitrogen and oxygen atoms in total. The molecule has 18 heavy (non-hydrogen) atoms. The Morgan fingerprint density at radius 3 is 2.50 bits per heavy atom. The monoisotopic (exact) mass is 249 g/mol. The van der Waals surface area contributed by atoms with Crippen molar-refractivity contribution >= 4 is 5.91 Å². The first-order valence-corrected chi connectivity index (χ1v) is 6.48. The lowest BCUT2D eigenvalue weighted by molar-refractivity contribution is -0.120. The van der Waals surface area contributed by atoms with Gasteiger partial charge in [0, 0.05) is 20.3 Å². The second kappa shape index (κ2) is 7.88. The normalized spacial score (nSPS) is 10.7. The minimum atomic E-state index is 0.0726. The molecular weight excluding hydrogens is 226 g/mol. The zero-order valence-electron chi connectivity index (χ0n) is 11.5. The quantitative estimate of drug-likeness (QED) is 0.754. The van der Waals surface area contributed by atoms with Gasteiger partial charge in [-0.25, -0.2) is 0 Å². The van der Waals surface area contributed by atoms with Gasteiger partial charge in [0.25, 0.3) is 0 Å². The molecular formula is C15H23NO2. The van der Waals surface area contributed by atoms with Crippen molar-refractivity contribution < 1.29 is 9.53 Å². The lowest BCUT2D eigenvalue weighted by atomic mass is 10.0. The van der Waals surface area contributed by atoms with Gasteiger partial charge in [0.1, 0.15) is 0 Å². The van der Waals surface area contributed by atoms with Gasteiger partial charge < -0.3 is 10.1 Å². The number of carbonyl (C=O) groups excluding carboxylic acids is 1. The van der Waals surface area contributed by atoms with Gasteiger partial charge in [-0.1, -0.05) is 38.1 Å². The molecule has 100 valence electrons. The molecule has 0 unspecified atom stereocenters. The standard InChI is InChI=1S/C15H23NO2/c1-12(2)14-7-5-13(6-8-14)11-15(17)16-9-4-10-18-3/h5-8,12H,4,9-11H2,1-3H3,(H,16,17). The number of hydrogen-bond acceptors (Lipinski definition) is 2. The third-order valence-electron chi connectivity index (χ3n) is 2.86. The molecule has 1 aromatic rings. The molecule has 0 atom stereocenters. The predicted octanol–water partition coefficient (Wildman–Crippen LogP) is 2.51. The van der Waals surface area contributed by atoms with E-state index in [2.05, 4.69) is 31.3 Å². The van der Waals surface area contributed by atoms with Crippen LogP contribution in [0.5, 0.6) is 0 Å². The Bertz CT molecular complexity index is 357. The fourth-order valence-corrected chi connectivity index (χ4v) is 1.71. The molecule has 0 aliphatic heterocycles. The van der Waals surface area contributed by atoms with Crippen molar-refractivity contribution in [1.82, 2.24) is 5.32 Å². The van der Waals surface area contributed by atoms with Crippen LogP contribution in [0.2, 0.25) is 0 Å². The summed E-state index contributed by atoms with van der Waals surface area (Å²) < 4.78 is 4.93. The Morgan fingerprint density at radius 2 is 1.94 bits per heavy atom.